The predicted octanol–water partition coefficient (Wildman–Crippen LogP) is 4.58. The summed E-state index contributed by atoms with van der Waals surface area (Å²) in [6, 6.07) is 18.7. The summed E-state index contributed by atoms with van der Waals surface area (Å²) in [5.41, 5.74) is 3.60. The van der Waals surface area contributed by atoms with E-state index < -0.39 is 5.97 Å². The topological polar surface area (TPSA) is 101 Å². The Hall–Kier alpha value is -4.46. The van der Waals surface area contributed by atoms with Crippen LogP contribution in [-0.2, 0) is 16.1 Å². The number of fused-ring (bicyclic) bond motifs is 1. The van der Waals surface area contributed by atoms with E-state index in [0.717, 1.165) is 11.0 Å². The van der Waals surface area contributed by atoms with Crippen molar-refractivity contribution in [3.63, 3.8) is 0 Å². The van der Waals surface area contributed by atoms with Gasteiger partial charge in [-0.05, 0) is 37.3 Å². The summed E-state index contributed by atoms with van der Waals surface area (Å²) in [7, 11) is 0. The van der Waals surface area contributed by atoms with Crippen molar-refractivity contribution in [2.75, 3.05) is 5.01 Å². The van der Waals surface area contributed by atoms with Gasteiger partial charge < -0.3 is 9.52 Å². The van der Waals surface area contributed by atoms with Crippen LogP contribution in [0.3, 0.4) is 0 Å². The van der Waals surface area contributed by atoms with Crippen molar-refractivity contribution >= 4 is 40.3 Å². The Morgan fingerprint density at radius 2 is 1.88 bits per heavy atom. The highest BCUT2D eigenvalue weighted by molar-refractivity contribution is 6.32. The Labute approximate surface area is 189 Å². The first-order chi connectivity index (χ1) is 16.0. The third kappa shape index (κ3) is 3.94. The molecule has 5 rings (SSSR count). The molecule has 1 N–H and O–H groups in total. The summed E-state index contributed by atoms with van der Waals surface area (Å²) >= 11 is 0. The number of anilines is 1. The fourth-order valence-corrected chi connectivity index (χ4v) is 3.74. The lowest BCUT2D eigenvalue weighted by atomic mass is 10.1. The highest BCUT2D eigenvalue weighted by atomic mass is 16.4. The zero-order valence-electron chi connectivity index (χ0n) is 17.8. The summed E-state index contributed by atoms with van der Waals surface area (Å²) in [6.45, 7) is 1.98. The predicted molar refractivity (Wildman–Crippen MR) is 125 cm³/mol. The number of carboxylic acid groups (broad SMARTS) is 1. The zero-order valence-corrected chi connectivity index (χ0v) is 17.8. The molecule has 8 heteroatoms. The van der Waals surface area contributed by atoms with Gasteiger partial charge in [0.1, 0.15) is 11.3 Å². The van der Waals surface area contributed by atoms with Gasteiger partial charge in [0.05, 0.1) is 29.9 Å². The third-order valence-corrected chi connectivity index (χ3v) is 5.37. The Morgan fingerprint density at radius 1 is 1.12 bits per heavy atom. The number of furan rings is 1. The second kappa shape index (κ2) is 8.23. The SMILES string of the molecule is CC1=NN(c2ccccc2)C(=O)C1=Cc1cn(CCC(=O)O)nc1-c1cc2ccccc2o1. The number of aliphatic carboxylic acids is 1. The van der Waals surface area contributed by atoms with Crippen molar-refractivity contribution in [2.24, 2.45) is 5.10 Å². The Bertz CT molecular complexity index is 1400. The highest BCUT2D eigenvalue weighted by Gasteiger charge is 2.29. The van der Waals surface area contributed by atoms with E-state index in [1.54, 1.807) is 23.9 Å². The van der Waals surface area contributed by atoms with Crippen molar-refractivity contribution in [2.45, 2.75) is 19.9 Å². The summed E-state index contributed by atoms with van der Waals surface area (Å²) in [5.74, 6) is -0.618. The van der Waals surface area contributed by atoms with Crippen molar-refractivity contribution in [3.8, 4) is 11.5 Å². The van der Waals surface area contributed by atoms with E-state index in [1.165, 1.54) is 5.01 Å². The van der Waals surface area contributed by atoms with Crippen LogP contribution in [0.2, 0.25) is 0 Å². The van der Waals surface area contributed by atoms with E-state index in [0.29, 0.717) is 34.0 Å². The number of nitrogens with zero attached hydrogens (tertiary/aromatic N) is 4. The van der Waals surface area contributed by atoms with E-state index >= 15 is 0 Å². The number of rotatable bonds is 6. The van der Waals surface area contributed by atoms with Crippen LogP contribution in [0, 0.1) is 0 Å². The minimum atomic E-state index is -0.914. The molecule has 0 bridgehead atoms. The van der Waals surface area contributed by atoms with Crippen LogP contribution in [0.4, 0.5) is 5.69 Å². The average Bonchev–Trinajstić information content (AvgIpc) is 3.50. The maximum Gasteiger partial charge on any atom is 0.305 e. The first kappa shape index (κ1) is 20.4. The van der Waals surface area contributed by atoms with Gasteiger partial charge in [-0.15, -0.1) is 0 Å². The molecule has 0 unspecified atom stereocenters. The maximum absolute atomic E-state index is 13.1. The lowest BCUT2D eigenvalue weighted by molar-refractivity contribution is -0.137. The number of para-hydroxylation sites is 2. The summed E-state index contributed by atoms with van der Waals surface area (Å²) in [5, 5.41) is 20.4. The van der Waals surface area contributed by atoms with Crippen LogP contribution >= 0.6 is 0 Å². The number of carbonyl (C=O) groups is 2. The maximum atomic E-state index is 13.1. The molecule has 0 saturated heterocycles. The molecule has 0 radical (unpaired) electrons. The number of carbonyl (C=O) groups excluding carboxylic acids is 1. The molecule has 2 aromatic heterocycles. The van der Waals surface area contributed by atoms with Gasteiger partial charge in [-0.25, -0.2) is 0 Å². The minimum absolute atomic E-state index is 0.0710. The van der Waals surface area contributed by atoms with Gasteiger partial charge in [0, 0.05) is 17.1 Å². The molecule has 164 valence electrons. The van der Waals surface area contributed by atoms with Crippen molar-refractivity contribution in [1.82, 2.24) is 9.78 Å². The minimum Gasteiger partial charge on any atom is -0.481 e. The van der Waals surface area contributed by atoms with Crippen molar-refractivity contribution in [3.05, 3.63) is 78.0 Å². The largest absolute Gasteiger partial charge is 0.481 e. The van der Waals surface area contributed by atoms with Gasteiger partial charge in [0.15, 0.2) is 5.76 Å². The normalized spacial score (nSPS) is 14.9. The second-order valence-corrected chi connectivity index (χ2v) is 7.68. The number of benzene rings is 2. The molecule has 3 heterocycles. The van der Waals surface area contributed by atoms with E-state index in [2.05, 4.69) is 10.2 Å². The van der Waals surface area contributed by atoms with Gasteiger partial charge in [-0.2, -0.15) is 15.2 Å². The summed E-state index contributed by atoms with van der Waals surface area (Å²) < 4.78 is 7.55. The van der Waals surface area contributed by atoms with Gasteiger partial charge in [0.2, 0.25) is 0 Å². The molecule has 0 aliphatic carbocycles. The smallest absolute Gasteiger partial charge is 0.305 e. The van der Waals surface area contributed by atoms with Gasteiger partial charge in [0.25, 0.3) is 5.91 Å². The lowest BCUT2D eigenvalue weighted by Gasteiger charge is -2.10. The van der Waals surface area contributed by atoms with Gasteiger partial charge >= 0.3 is 5.97 Å². The molecule has 0 atom stereocenters. The first-order valence-corrected chi connectivity index (χ1v) is 10.4. The van der Waals surface area contributed by atoms with Crippen LogP contribution in [0.1, 0.15) is 18.9 Å². The van der Waals surface area contributed by atoms with E-state index in [9.17, 15) is 9.59 Å². The molecule has 4 aromatic rings. The number of aromatic nitrogens is 2. The standard InChI is InChI=1S/C25H20N4O4/c1-16-20(25(32)29(26-16)19-8-3-2-4-9-19)13-18-15-28(12-11-23(30)31)27-24(18)22-14-17-7-5-6-10-21(17)33-22/h2-10,13-15H,11-12H2,1H3,(H,30,31). The van der Waals surface area contributed by atoms with Crippen molar-refractivity contribution in [1.29, 1.82) is 0 Å². The average molecular weight is 440 g/mol. The fraction of sp³-hybridized carbons (Fsp3) is 0.120. The molecule has 33 heavy (non-hydrogen) atoms. The van der Waals surface area contributed by atoms with Crippen LogP contribution in [0.15, 0.2) is 82.0 Å². The second-order valence-electron chi connectivity index (χ2n) is 7.68. The molecule has 0 saturated carbocycles. The number of aryl methyl sites for hydroxylation is 1. The molecule has 1 amide bonds. The number of hydrogen-bond acceptors (Lipinski definition) is 5. The number of amides is 1. The lowest BCUT2D eigenvalue weighted by Crippen LogP contribution is -2.21. The molecule has 1 aliphatic heterocycles. The quantitative estimate of drug-likeness (QED) is 0.443. The molecule has 1 aliphatic rings. The van der Waals surface area contributed by atoms with Crippen LogP contribution in [0.25, 0.3) is 28.5 Å². The Morgan fingerprint density at radius 3 is 2.64 bits per heavy atom. The zero-order chi connectivity index (χ0) is 22.9. The molecule has 2 aromatic carbocycles. The van der Waals surface area contributed by atoms with Gasteiger partial charge in [-0.3, -0.25) is 14.3 Å². The fourth-order valence-electron chi connectivity index (χ4n) is 3.74. The molecule has 0 spiro atoms. The Kier molecular flexibility index (Phi) is 5.10. The summed E-state index contributed by atoms with van der Waals surface area (Å²) in [6.07, 6.45) is 3.39. The molecular weight excluding hydrogens is 420 g/mol. The number of hydrazone groups is 1. The summed E-state index contributed by atoms with van der Waals surface area (Å²) in [4.78, 5) is 24.2. The number of carboxylic acids is 1. The van der Waals surface area contributed by atoms with Crippen LogP contribution in [-0.4, -0.2) is 32.5 Å². The van der Waals surface area contributed by atoms with E-state index in [1.807, 2.05) is 60.7 Å². The first-order valence-electron chi connectivity index (χ1n) is 10.4. The van der Waals surface area contributed by atoms with E-state index in [-0.39, 0.29) is 18.9 Å². The highest BCUT2D eigenvalue weighted by Crippen LogP contribution is 2.32. The number of hydrogen-bond donors (Lipinski definition) is 1. The van der Waals surface area contributed by atoms with Gasteiger partial charge in [-0.1, -0.05) is 36.4 Å². The van der Waals surface area contributed by atoms with Crippen molar-refractivity contribution < 1.29 is 19.1 Å². The molecule has 0 fully saturated rings. The third-order valence-electron chi connectivity index (χ3n) is 5.37. The van der Waals surface area contributed by atoms with Crippen LogP contribution in [0.5, 0.6) is 0 Å². The Balaban J connectivity index is 1.56. The van der Waals surface area contributed by atoms with Crippen LogP contribution < -0.4 is 5.01 Å². The monoisotopic (exact) mass is 440 g/mol. The molecule has 8 nitrogen and oxygen atoms in total. The van der Waals surface area contributed by atoms with E-state index in [4.69, 9.17) is 9.52 Å². The molecular formula is C25H20N4O4.